The number of epoxide rings is 3. The van der Waals surface area contributed by atoms with Gasteiger partial charge in [0.2, 0.25) is 0 Å². The highest BCUT2D eigenvalue weighted by Crippen LogP contribution is 2.48. The van der Waals surface area contributed by atoms with Gasteiger partial charge in [-0.3, -0.25) is 9.59 Å². The number of hydrogen-bond donors (Lipinski definition) is 0. The van der Waals surface area contributed by atoms with Gasteiger partial charge in [0.25, 0.3) is 0 Å². The second kappa shape index (κ2) is 7.40. The molecule has 5 atom stereocenters. The van der Waals surface area contributed by atoms with Crippen molar-refractivity contribution in [1.82, 2.24) is 0 Å². The number of hydrogen-bond acceptors (Lipinski definition) is 9. The molecule has 154 valence electrons. The van der Waals surface area contributed by atoms with E-state index in [1.807, 2.05) is 0 Å². The Balaban J connectivity index is 1.31. The van der Waals surface area contributed by atoms with Gasteiger partial charge in [-0.2, -0.15) is 0 Å². The van der Waals surface area contributed by atoms with E-state index in [2.05, 4.69) is 0 Å². The van der Waals surface area contributed by atoms with Gasteiger partial charge < -0.3 is 28.4 Å². The summed E-state index contributed by atoms with van der Waals surface area (Å²) in [5.41, 5.74) is 1.54. The van der Waals surface area contributed by atoms with Crippen LogP contribution in [0.4, 0.5) is 0 Å². The minimum Gasteiger partial charge on any atom is -0.462 e. The molecule has 9 heteroatoms. The molecule has 0 bridgehead atoms. The maximum Gasteiger partial charge on any atom is 0.338 e. The zero-order valence-corrected chi connectivity index (χ0v) is 15.5. The Labute approximate surface area is 166 Å². The number of carbonyl (C=O) groups excluding carboxylic acids is 3. The number of benzene rings is 1. The molecular formula is C20H20O9. The first-order valence-electron chi connectivity index (χ1n) is 9.59. The zero-order valence-electron chi connectivity index (χ0n) is 15.5. The summed E-state index contributed by atoms with van der Waals surface area (Å²) in [4.78, 5) is 37.5. The zero-order chi connectivity index (χ0) is 20.0. The maximum absolute atomic E-state index is 12.6. The Bertz CT molecular complexity index is 838. The largest absolute Gasteiger partial charge is 0.462 e. The fraction of sp³-hybridized carbons (Fsp3) is 0.550. The van der Waals surface area contributed by atoms with E-state index in [1.165, 1.54) is 0 Å². The lowest BCUT2D eigenvalue weighted by molar-refractivity contribution is -0.156. The van der Waals surface area contributed by atoms with Crippen molar-refractivity contribution >= 4 is 17.9 Å². The van der Waals surface area contributed by atoms with Crippen molar-refractivity contribution in [1.29, 1.82) is 0 Å². The first-order valence-corrected chi connectivity index (χ1v) is 9.59. The van der Waals surface area contributed by atoms with Crippen LogP contribution in [0.5, 0.6) is 0 Å². The van der Waals surface area contributed by atoms with Crippen molar-refractivity contribution in [3.05, 3.63) is 34.9 Å². The van der Waals surface area contributed by atoms with Gasteiger partial charge in [-0.25, -0.2) is 4.79 Å². The van der Waals surface area contributed by atoms with Crippen molar-refractivity contribution in [2.75, 3.05) is 39.6 Å². The average Bonchev–Trinajstić information content (AvgIpc) is 3.56. The SMILES string of the molecule is O=C(OCC1CO1)c1ccc2c(c1)C(C(=O)OCC1CO1)C2C(=O)OCC1CO1. The van der Waals surface area contributed by atoms with Crippen molar-refractivity contribution in [3.8, 4) is 0 Å². The van der Waals surface area contributed by atoms with Gasteiger partial charge in [-0.05, 0) is 23.3 Å². The van der Waals surface area contributed by atoms with E-state index in [0.29, 0.717) is 36.5 Å². The number of carbonyl (C=O) groups is 3. The molecule has 5 unspecified atom stereocenters. The molecule has 4 aliphatic rings. The van der Waals surface area contributed by atoms with Crippen LogP contribution < -0.4 is 0 Å². The van der Waals surface area contributed by atoms with Gasteiger partial charge >= 0.3 is 17.9 Å². The lowest BCUT2D eigenvalue weighted by Gasteiger charge is -2.36. The molecular weight excluding hydrogens is 384 g/mol. The molecule has 1 aliphatic carbocycles. The van der Waals surface area contributed by atoms with E-state index < -0.39 is 29.7 Å². The monoisotopic (exact) mass is 404 g/mol. The first kappa shape index (κ1) is 18.5. The summed E-state index contributed by atoms with van der Waals surface area (Å²) in [5, 5.41) is 0. The third-order valence-electron chi connectivity index (χ3n) is 5.26. The van der Waals surface area contributed by atoms with Gasteiger partial charge in [0.05, 0.1) is 37.2 Å². The van der Waals surface area contributed by atoms with Gasteiger partial charge in [0.15, 0.2) is 0 Å². The average molecular weight is 404 g/mol. The summed E-state index contributed by atoms with van der Waals surface area (Å²) in [6.07, 6.45) is -0.182. The van der Waals surface area contributed by atoms with Crippen LogP contribution in [0.2, 0.25) is 0 Å². The predicted molar refractivity (Wildman–Crippen MR) is 93.3 cm³/mol. The highest BCUT2D eigenvalue weighted by molar-refractivity contribution is 5.97. The molecule has 1 aromatic carbocycles. The van der Waals surface area contributed by atoms with Crippen LogP contribution in [-0.2, 0) is 38.0 Å². The summed E-state index contributed by atoms with van der Waals surface area (Å²) in [7, 11) is 0. The summed E-state index contributed by atoms with van der Waals surface area (Å²) >= 11 is 0. The van der Waals surface area contributed by atoms with E-state index in [4.69, 9.17) is 28.4 Å². The Morgan fingerprint density at radius 3 is 1.76 bits per heavy atom. The van der Waals surface area contributed by atoms with Crippen LogP contribution >= 0.6 is 0 Å². The van der Waals surface area contributed by atoms with Crippen molar-refractivity contribution in [3.63, 3.8) is 0 Å². The van der Waals surface area contributed by atoms with E-state index in [-0.39, 0.29) is 38.1 Å². The Kier molecular flexibility index (Phi) is 4.73. The summed E-state index contributed by atoms with van der Waals surface area (Å²) in [6, 6.07) is 4.82. The van der Waals surface area contributed by atoms with Crippen molar-refractivity contribution in [2.45, 2.75) is 30.1 Å². The molecule has 9 nitrogen and oxygen atoms in total. The van der Waals surface area contributed by atoms with Gasteiger partial charge in [-0.15, -0.1) is 0 Å². The van der Waals surface area contributed by atoms with Crippen LogP contribution in [0.1, 0.15) is 33.3 Å². The number of rotatable bonds is 9. The van der Waals surface area contributed by atoms with E-state index in [9.17, 15) is 14.4 Å². The summed E-state index contributed by atoms with van der Waals surface area (Å²) < 4.78 is 30.9. The Hall–Kier alpha value is -2.49. The van der Waals surface area contributed by atoms with Gasteiger partial charge in [0, 0.05) is 0 Å². The minimum absolute atomic E-state index is 0.0347. The van der Waals surface area contributed by atoms with Crippen LogP contribution in [-0.4, -0.2) is 75.9 Å². The molecule has 29 heavy (non-hydrogen) atoms. The molecule has 5 rings (SSSR count). The topological polar surface area (TPSA) is 116 Å². The standard InChI is InChI=1S/C20H20O9/c21-18(27-7-11-4-24-11)10-1-2-14-15(3-10)17(20(23)29-9-13-6-26-13)16(14)19(22)28-8-12-5-25-12/h1-3,11-13,16-17H,4-9H2. The van der Waals surface area contributed by atoms with Crippen molar-refractivity contribution < 1.29 is 42.8 Å². The minimum atomic E-state index is -0.823. The Morgan fingerprint density at radius 1 is 0.759 bits per heavy atom. The molecule has 3 saturated heterocycles. The third kappa shape index (κ3) is 4.12. The fourth-order valence-electron chi connectivity index (χ4n) is 3.32. The molecule has 0 amide bonds. The number of esters is 3. The van der Waals surface area contributed by atoms with E-state index in [1.54, 1.807) is 18.2 Å². The van der Waals surface area contributed by atoms with Gasteiger partial charge in [0.1, 0.15) is 38.1 Å². The van der Waals surface area contributed by atoms with Crippen LogP contribution in [0.3, 0.4) is 0 Å². The number of fused-ring (bicyclic) bond motifs is 1. The van der Waals surface area contributed by atoms with Crippen LogP contribution in [0.25, 0.3) is 0 Å². The normalized spacial score (nSPS) is 30.4. The third-order valence-corrected chi connectivity index (χ3v) is 5.26. The van der Waals surface area contributed by atoms with Crippen LogP contribution in [0, 0.1) is 0 Å². The predicted octanol–water partition coefficient (Wildman–Crippen LogP) is 0.307. The molecule has 3 fully saturated rings. The summed E-state index contributed by atoms with van der Waals surface area (Å²) in [5.74, 6) is -3.12. The summed E-state index contributed by atoms with van der Waals surface area (Å²) in [6.45, 7) is 2.22. The molecule has 0 radical (unpaired) electrons. The van der Waals surface area contributed by atoms with Crippen molar-refractivity contribution in [2.24, 2.45) is 0 Å². The second-order valence-corrected chi connectivity index (χ2v) is 7.52. The highest BCUT2D eigenvalue weighted by atomic mass is 16.6. The fourth-order valence-corrected chi connectivity index (χ4v) is 3.32. The smallest absolute Gasteiger partial charge is 0.338 e. The molecule has 1 aromatic rings. The molecule has 0 N–H and O–H groups in total. The molecule has 3 heterocycles. The Morgan fingerprint density at radius 2 is 1.24 bits per heavy atom. The van der Waals surface area contributed by atoms with E-state index in [0.717, 1.165) is 0 Å². The first-order chi connectivity index (χ1) is 14.1. The van der Waals surface area contributed by atoms with E-state index >= 15 is 0 Å². The van der Waals surface area contributed by atoms with Gasteiger partial charge in [-0.1, -0.05) is 6.07 Å². The molecule has 3 aliphatic heterocycles. The molecule has 0 saturated carbocycles. The molecule has 0 aromatic heterocycles. The lowest BCUT2D eigenvalue weighted by Crippen LogP contribution is -2.38. The quantitative estimate of drug-likeness (QED) is 0.325. The lowest BCUT2D eigenvalue weighted by atomic mass is 9.67. The van der Waals surface area contributed by atoms with Crippen LogP contribution in [0.15, 0.2) is 18.2 Å². The second-order valence-electron chi connectivity index (χ2n) is 7.52. The molecule has 0 spiro atoms. The maximum atomic E-state index is 12.6. The highest BCUT2D eigenvalue weighted by Gasteiger charge is 2.49. The number of ether oxygens (including phenoxy) is 6.